The number of rotatable bonds is 9. The van der Waals surface area contributed by atoms with Crippen LogP contribution < -0.4 is 4.90 Å². The van der Waals surface area contributed by atoms with Crippen LogP contribution in [0.4, 0.5) is 17.1 Å². The van der Waals surface area contributed by atoms with Gasteiger partial charge in [-0.05, 0) is 88.9 Å². The summed E-state index contributed by atoms with van der Waals surface area (Å²) in [6.45, 7) is 2.07. The van der Waals surface area contributed by atoms with E-state index in [4.69, 9.17) is 9.41 Å². The first kappa shape index (κ1) is 38.6. The molecule has 65 heavy (non-hydrogen) atoms. The Morgan fingerprint density at radius 3 is 1.94 bits per heavy atom. The fourth-order valence-corrected chi connectivity index (χ4v) is 11.6. The molecule has 0 saturated heterocycles. The van der Waals surface area contributed by atoms with E-state index < -0.39 is 5.41 Å². The van der Waals surface area contributed by atoms with Crippen molar-refractivity contribution >= 4 is 76.7 Å². The Bertz CT molecular complexity index is 3610. The molecule has 3 nitrogen and oxygen atoms in total. The largest absolute Gasteiger partial charge is 0.455 e. The highest BCUT2D eigenvalue weighted by atomic mass is 32.1. The molecule has 0 atom stereocenters. The lowest BCUT2D eigenvalue weighted by molar-refractivity contribution is 0.670. The number of aliphatic imine (C=N–C) groups is 1. The first-order valence-electron chi connectivity index (χ1n) is 22.1. The monoisotopic (exact) mass is 850 g/mol. The van der Waals surface area contributed by atoms with Gasteiger partial charge in [-0.2, -0.15) is 0 Å². The minimum absolute atomic E-state index is 0.470. The molecule has 0 aliphatic heterocycles. The Morgan fingerprint density at radius 2 is 1.17 bits per heavy atom. The van der Waals surface area contributed by atoms with Gasteiger partial charge in [0.05, 0.1) is 21.5 Å². The van der Waals surface area contributed by atoms with Crippen molar-refractivity contribution < 1.29 is 4.42 Å². The maximum atomic E-state index is 6.49. The molecule has 0 saturated carbocycles. The lowest BCUT2D eigenvalue weighted by Gasteiger charge is -2.33. The molecule has 0 spiro atoms. The van der Waals surface area contributed by atoms with E-state index in [-0.39, 0.29) is 0 Å². The molecule has 1 aliphatic carbocycles. The highest BCUT2D eigenvalue weighted by molar-refractivity contribution is 7.27. The van der Waals surface area contributed by atoms with E-state index in [9.17, 15) is 0 Å². The summed E-state index contributed by atoms with van der Waals surface area (Å²) < 4.78 is 9.00. The van der Waals surface area contributed by atoms with E-state index in [0.29, 0.717) is 0 Å². The van der Waals surface area contributed by atoms with Gasteiger partial charge in [-0.3, -0.25) is 4.99 Å². The Hall–Kier alpha value is -8.05. The second kappa shape index (κ2) is 15.9. The number of para-hydroxylation sites is 3. The molecule has 4 heteroatoms. The molecule has 11 aromatic rings. The third kappa shape index (κ3) is 6.21. The number of anilines is 2. The SMILES string of the molecule is C/C=C\C(=C/C=Nc1ccccc1)N(c1ccc(-c2cccc3c2oc2ccccc23)cc1)c1cccc2c1sc1c3c(ccc12)C(c1ccccc1)(c1ccccc1)c1ccccc1-3. The molecular weight excluding hydrogens is 809 g/mol. The molecule has 2 aromatic heterocycles. The molecule has 0 N–H and O–H groups in total. The fourth-order valence-electron chi connectivity index (χ4n) is 10.2. The van der Waals surface area contributed by atoms with Crippen molar-refractivity contribution in [2.75, 3.05) is 4.90 Å². The highest BCUT2D eigenvalue weighted by Gasteiger charge is 2.46. The summed E-state index contributed by atoms with van der Waals surface area (Å²) in [4.78, 5) is 7.23. The quantitative estimate of drug-likeness (QED) is 0.107. The van der Waals surface area contributed by atoms with Crippen LogP contribution in [0.3, 0.4) is 0 Å². The van der Waals surface area contributed by atoms with Crippen molar-refractivity contribution in [3.63, 3.8) is 0 Å². The van der Waals surface area contributed by atoms with Crippen LogP contribution in [0.5, 0.6) is 0 Å². The summed E-state index contributed by atoms with van der Waals surface area (Å²) in [6.07, 6.45) is 8.31. The van der Waals surface area contributed by atoms with Gasteiger partial charge in [0.25, 0.3) is 0 Å². The number of fused-ring (bicyclic) bond motifs is 10. The number of hydrogen-bond acceptors (Lipinski definition) is 4. The van der Waals surface area contributed by atoms with E-state index in [1.165, 1.54) is 53.6 Å². The first-order valence-corrected chi connectivity index (χ1v) is 23.0. The number of allylic oxidation sites excluding steroid dienone is 3. The van der Waals surface area contributed by atoms with Crippen LogP contribution in [-0.2, 0) is 5.41 Å². The van der Waals surface area contributed by atoms with Crippen LogP contribution in [-0.4, -0.2) is 6.21 Å². The summed E-state index contributed by atoms with van der Waals surface area (Å²) in [5, 5.41) is 4.74. The van der Waals surface area contributed by atoms with Gasteiger partial charge in [-0.15, -0.1) is 11.3 Å². The molecule has 12 rings (SSSR count). The summed E-state index contributed by atoms with van der Waals surface area (Å²) in [7, 11) is 0. The molecule has 9 aromatic carbocycles. The van der Waals surface area contributed by atoms with Crippen LogP contribution in [0.1, 0.15) is 29.2 Å². The fraction of sp³-hybridized carbons (Fsp3) is 0.0328. The van der Waals surface area contributed by atoms with Gasteiger partial charge in [0.15, 0.2) is 0 Å². The van der Waals surface area contributed by atoms with E-state index in [1.54, 1.807) is 0 Å². The maximum Gasteiger partial charge on any atom is 0.143 e. The Morgan fingerprint density at radius 1 is 0.538 bits per heavy atom. The van der Waals surface area contributed by atoms with Crippen LogP contribution in [0.15, 0.2) is 246 Å². The zero-order valence-electron chi connectivity index (χ0n) is 35.7. The van der Waals surface area contributed by atoms with Crippen LogP contribution in [0.2, 0.25) is 0 Å². The van der Waals surface area contributed by atoms with E-state index >= 15 is 0 Å². The summed E-state index contributed by atoms with van der Waals surface area (Å²) in [5.74, 6) is 0. The van der Waals surface area contributed by atoms with Gasteiger partial charge in [0, 0.05) is 55.0 Å². The Balaban J connectivity index is 1.07. The van der Waals surface area contributed by atoms with Crippen molar-refractivity contribution in [3.05, 3.63) is 259 Å². The lowest BCUT2D eigenvalue weighted by Crippen LogP contribution is -2.28. The second-order valence-corrected chi connectivity index (χ2v) is 17.5. The van der Waals surface area contributed by atoms with Crippen LogP contribution in [0.25, 0.3) is 64.4 Å². The van der Waals surface area contributed by atoms with E-state index in [0.717, 1.165) is 55.8 Å². The van der Waals surface area contributed by atoms with Gasteiger partial charge in [0.2, 0.25) is 0 Å². The van der Waals surface area contributed by atoms with Gasteiger partial charge in [-0.25, -0.2) is 0 Å². The van der Waals surface area contributed by atoms with Crippen molar-refractivity contribution in [1.82, 2.24) is 0 Å². The number of furan rings is 1. The standard InChI is InChI=1S/C61H42N2OS/c1-2-18-45(39-40-62-44-23-10-5-11-24-44)63(46-35-33-41(34-36-46)47-27-16-28-49-48-25-13-15-32-56(48)64-58(47)49)55-31-17-29-50-51-37-38-54-57(60(51)65-59(50)55)52-26-12-14-30-53(52)61(54,42-19-6-3-7-20-42)43-21-8-4-9-22-43/h2-40H,1H3/b18-2-,45-39+,62-40?. The molecule has 2 heterocycles. The third-order valence-corrected chi connectivity index (χ3v) is 14.2. The van der Waals surface area contributed by atoms with Gasteiger partial charge in [0.1, 0.15) is 11.2 Å². The zero-order valence-corrected chi connectivity index (χ0v) is 36.5. The Kier molecular flexibility index (Phi) is 9.47. The number of benzene rings is 9. The minimum Gasteiger partial charge on any atom is -0.455 e. The summed E-state index contributed by atoms with van der Waals surface area (Å²) in [5.41, 5.74) is 15.3. The predicted molar refractivity (Wildman–Crippen MR) is 275 cm³/mol. The van der Waals surface area contributed by atoms with Crippen molar-refractivity contribution in [3.8, 4) is 22.3 Å². The van der Waals surface area contributed by atoms with Gasteiger partial charge < -0.3 is 9.32 Å². The minimum atomic E-state index is -0.470. The van der Waals surface area contributed by atoms with Gasteiger partial charge >= 0.3 is 0 Å². The van der Waals surface area contributed by atoms with Crippen molar-refractivity contribution in [1.29, 1.82) is 0 Å². The van der Waals surface area contributed by atoms with Gasteiger partial charge in [-0.1, -0.05) is 182 Å². The van der Waals surface area contributed by atoms with Crippen LogP contribution >= 0.6 is 11.3 Å². The zero-order chi connectivity index (χ0) is 43.3. The molecule has 0 radical (unpaired) electrons. The van der Waals surface area contributed by atoms with Crippen LogP contribution in [0, 0.1) is 0 Å². The van der Waals surface area contributed by atoms with E-state index in [1.807, 2.05) is 60.0 Å². The average molecular weight is 851 g/mol. The van der Waals surface area contributed by atoms with Crippen molar-refractivity contribution in [2.24, 2.45) is 4.99 Å². The molecule has 1 aliphatic rings. The molecule has 308 valence electrons. The first-order chi connectivity index (χ1) is 32.2. The molecular formula is C61H42N2OS. The topological polar surface area (TPSA) is 28.7 Å². The Labute approximate surface area is 382 Å². The third-order valence-electron chi connectivity index (χ3n) is 13.0. The lowest BCUT2D eigenvalue weighted by atomic mass is 9.68. The van der Waals surface area contributed by atoms with E-state index in [2.05, 4.69) is 200 Å². The average Bonchev–Trinajstić information content (AvgIpc) is 4.04. The molecule has 0 unspecified atom stereocenters. The number of thiophene rings is 1. The van der Waals surface area contributed by atoms with Crippen molar-refractivity contribution in [2.45, 2.75) is 12.3 Å². The number of nitrogens with zero attached hydrogens (tertiary/aromatic N) is 2. The predicted octanol–water partition coefficient (Wildman–Crippen LogP) is 17.0. The molecule has 0 bridgehead atoms. The summed E-state index contributed by atoms with van der Waals surface area (Å²) >= 11 is 1.89. The molecule has 0 amide bonds. The number of hydrogen-bond donors (Lipinski definition) is 0. The second-order valence-electron chi connectivity index (χ2n) is 16.5. The highest BCUT2D eigenvalue weighted by Crippen LogP contribution is 2.59. The maximum absolute atomic E-state index is 6.49. The smallest absolute Gasteiger partial charge is 0.143 e. The normalized spacial score (nSPS) is 13.4. The summed E-state index contributed by atoms with van der Waals surface area (Å²) in [6, 6.07) is 76.4. The molecule has 0 fully saturated rings.